The van der Waals surface area contributed by atoms with E-state index < -0.39 is 0 Å². The summed E-state index contributed by atoms with van der Waals surface area (Å²) in [6, 6.07) is 7.10. The SMILES string of the molecule is O=C(Cn1ncc2c(N3CCOCC3)ncnc21)Nc1ccccc1Cl. The molecule has 3 aromatic rings. The Balaban J connectivity index is 1.56. The van der Waals surface area contributed by atoms with Gasteiger partial charge in [0.05, 0.1) is 35.5 Å². The third-order valence-electron chi connectivity index (χ3n) is 4.16. The molecule has 3 heterocycles. The number of morpholine rings is 1. The van der Waals surface area contributed by atoms with Crippen LogP contribution in [0.15, 0.2) is 36.8 Å². The minimum Gasteiger partial charge on any atom is -0.378 e. The number of aromatic nitrogens is 4. The minimum absolute atomic E-state index is 0.0360. The van der Waals surface area contributed by atoms with Crippen molar-refractivity contribution in [2.75, 3.05) is 36.5 Å². The van der Waals surface area contributed by atoms with Crippen LogP contribution in [0.4, 0.5) is 11.5 Å². The number of benzene rings is 1. The third kappa shape index (κ3) is 3.33. The highest BCUT2D eigenvalue weighted by atomic mass is 35.5. The van der Waals surface area contributed by atoms with Crippen molar-refractivity contribution in [2.45, 2.75) is 6.54 Å². The lowest BCUT2D eigenvalue weighted by molar-refractivity contribution is -0.116. The Morgan fingerprint density at radius 1 is 1.23 bits per heavy atom. The zero-order valence-corrected chi connectivity index (χ0v) is 14.7. The topological polar surface area (TPSA) is 85.2 Å². The zero-order valence-electron chi connectivity index (χ0n) is 13.9. The van der Waals surface area contributed by atoms with Gasteiger partial charge in [-0.3, -0.25) is 4.79 Å². The molecule has 0 atom stereocenters. The quantitative estimate of drug-likeness (QED) is 0.753. The molecular weight excluding hydrogens is 356 g/mol. The van der Waals surface area contributed by atoms with E-state index in [0.717, 1.165) is 24.3 Å². The van der Waals surface area contributed by atoms with Crippen molar-refractivity contribution in [3.05, 3.63) is 41.8 Å². The number of halogens is 1. The lowest BCUT2D eigenvalue weighted by atomic mass is 10.3. The van der Waals surface area contributed by atoms with E-state index in [1.54, 1.807) is 23.0 Å². The average molecular weight is 373 g/mol. The highest BCUT2D eigenvalue weighted by Crippen LogP contribution is 2.24. The molecule has 1 N–H and O–H groups in total. The molecular formula is C17H17ClN6O2. The van der Waals surface area contributed by atoms with Gasteiger partial charge in [0.15, 0.2) is 5.65 Å². The van der Waals surface area contributed by atoms with Gasteiger partial charge in [-0.2, -0.15) is 5.10 Å². The molecule has 4 rings (SSSR count). The Labute approximate surface area is 154 Å². The van der Waals surface area contributed by atoms with Gasteiger partial charge >= 0.3 is 0 Å². The summed E-state index contributed by atoms with van der Waals surface area (Å²) in [6.45, 7) is 2.91. The summed E-state index contributed by atoms with van der Waals surface area (Å²) in [6.07, 6.45) is 3.19. The second-order valence-electron chi connectivity index (χ2n) is 5.86. The van der Waals surface area contributed by atoms with Gasteiger partial charge in [0, 0.05) is 13.1 Å². The summed E-state index contributed by atoms with van der Waals surface area (Å²) >= 11 is 6.08. The summed E-state index contributed by atoms with van der Waals surface area (Å²) < 4.78 is 6.95. The van der Waals surface area contributed by atoms with E-state index in [0.29, 0.717) is 29.6 Å². The maximum atomic E-state index is 12.4. The monoisotopic (exact) mass is 372 g/mol. The Morgan fingerprint density at radius 3 is 2.85 bits per heavy atom. The van der Waals surface area contributed by atoms with Crippen molar-refractivity contribution >= 4 is 40.0 Å². The molecule has 1 amide bonds. The van der Waals surface area contributed by atoms with Gasteiger partial charge in [-0.25, -0.2) is 14.6 Å². The lowest BCUT2D eigenvalue weighted by Gasteiger charge is -2.27. The number of fused-ring (bicyclic) bond motifs is 1. The van der Waals surface area contributed by atoms with E-state index in [4.69, 9.17) is 16.3 Å². The molecule has 0 unspecified atom stereocenters. The normalized spacial score (nSPS) is 14.6. The second-order valence-corrected chi connectivity index (χ2v) is 6.27. The molecule has 1 saturated heterocycles. The molecule has 0 aliphatic carbocycles. The Bertz CT molecular complexity index is 938. The van der Waals surface area contributed by atoms with Crippen LogP contribution in [-0.2, 0) is 16.1 Å². The van der Waals surface area contributed by atoms with Crippen molar-refractivity contribution in [1.82, 2.24) is 19.7 Å². The summed E-state index contributed by atoms with van der Waals surface area (Å²) in [5.74, 6) is 0.589. The van der Waals surface area contributed by atoms with E-state index in [9.17, 15) is 4.79 Å². The summed E-state index contributed by atoms with van der Waals surface area (Å²) in [7, 11) is 0. The Kier molecular flexibility index (Phi) is 4.68. The third-order valence-corrected chi connectivity index (χ3v) is 4.49. The van der Waals surface area contributed by atoms with Crippen LogP contribution < -0.4 is 10.2 Å². The number of anilines is 2. The number of ether oxygens (including phenoxy) is 1. The van der Waals surface area contributed by atoms with Gasteiger partial charge in [0.25, 0.3) is 0 Å². The molecule has 8 nitrogen and oxygen atoms in total. The van der Waals surface area contributed by atoms with Crippen LogP contribution in [0.2, 0.25) is 5.02 Å². The number of hydrogen-bond acceptors (Lipinski definition) is 6. The number of hydrogen-bond donors (Lipinski definition) is 1. The molecule has 1 fully saturated rings. The molecule has 9 heteroatoms. The first-order valence-electron chi connectivity index (χ1n) is 8.26. The first kappa shape index (κ1) is 16.7. The molecule has 0 saturated carbocycles. The van der Waals surface area contributed by atoms with Crippen LogP contribution in [0, 0.1) is 0 Å². The maximum absolute atomic E-state index is 12.4. The number of carbonyl (C=O) groups is 1. The number of amides is 1. The van der Waals surface area contributed by atoms with Crippen LogP contribution in [0.5, 0.6) is 0 Å². The number of rotatable bonds is 4. The largest absolute Gasteiger partial charge is 0.378 e. The molecule has 0 radical (unpaired) electrons. The number of para-hydroxylation sites is 1. The van der Waals surface area contributed by atoms with Crippen LogP contribution in [0.25, 0.3) is 11.0 Å². The van der Waals surface area contributed by atoms with Crippen molar-refractivity contribution in [2.24, 2.45) is 0 Å². The molecule has 1 aliphatic heterocycles. The van der Waals surface area contributed by atoms with Crippen molar-refractivity contribution in [3.8, 4) is 0 Å². The average Bonchev–Trinajstić information content (AvgIpc) is 3.07. The van der Waals surface area contributed by atoms with Crippen LogP contribution in [-0.4, -0.2) is 52.0 Å². The smallest absolute Gasteiger partial charge is 0.246 e. The van der Waals surface area contributed by atoms with Crippen molar-refractivity contribution in [3.63, 3.8) is 0 Å². The van der Waals surface area contributed by atoms with Crippen molar-refractivity contribution in [1.29, 1.82) is 0 Å². The Hall–Kier alpha value is -2.71. The molecule has 1 aliphatic rings. The van der Waals surface area contributed by atoms with Gasteiger partial charge in [-0.15, -0.1) is 0 Å². The van der Waals surface area contributed by atoms with Gasteiger partial charge in [-0.05, 0) is 12.1 Å². The van der Waals surface area contributed by atoms with Gasteiger partial charge in [-0.1, -0.05) is 23.7 Å². The van der Waals surface area contributed by atoms with Crippen LogP contribution >= 0.6 is 11.6 Å². The number of carbonyl (C=O) groups excluding carboxylic acids is 1. The second kappa shape index (κ2) is 7.27. The zero-order chi connectivity index (χ0) is 17.9. The molecule has 134 valence electrons. The fourth-order valence-corrected chi connectivity index (χ4v) is 3.09. The van der Waals surface area contributed by atoms with E-state index in [1.165, 1.54) is 6.33 Å². The standard InChI is InChI=1S/C17H17ClN6O2/c18-13-3-1-2-4-14(13)22-15(25)10-24-17-12(9-21-24)16(19-11-20-17)23-5-7-26-8-6-23/h1-4,9,11H,5-8,10H2,(H,22,25). The molecule has 26 heavy (non-hydrogen) atoms. The summed E-state index contributed by atoms with van der Waals surface area (Å²) in [4.78, 5) is 23.2. The molecule has 0 spiro atoms. The van der Waals surface area contributed by atoms with E-state index >= 15 is 0 Å². The highest BCUT2D eigenvalue weighted by Gasteiger charge is 2.18. The summed E-state index contributed by atoms with van der Waals surface area (Å²) in [5, 5.41) is 8.41. The van der Waals surface area contributed by atoms with Crippen LogP contribution in [0.1, 0.15) is 0 Å². The molecule has 2 aromatic heterocycles. The van der Waals surface area contributed by atoms with E-state index in [-0.39, 0.29) is 12.5 Å². The number of nitrogens with zero attached hydrogens (tertiary/aromatic N) is 5. The summed E-state index contributed by atoms with van der Waals surface area (Å²) in [5.41, 5.74) is 1.19. The molecule has 1 aromatic carbocycles. The molecule has 0 bridgehead atoms. The van der Waals surface area contributed by atoms with Gasteiger partial charge in [0.2, 0.25) is 5.91 Å². The predicted molar refractivity (Wildman–Crippen MR) is 98.4 cm³/mol. The van der Waals surface area contributed by atoms with E-state index in [2.05, 4.69) is 25.3 Å². The lowest BCUT2D eigenvalue weighted by Crippen LogP contribution is -2.36. The van der Waals surface area contributed by atoms with Gasteiger partial charge in [0.1, 0.15) is 18.7 Å². The Morgan fingerprint density at radius 2 is 2.04 bits per heavy atom. The van der Waals surface area contributed by atoms with Gasteiger partial charge < -0.3 is 15.0 Å². The first-order valence-corrected chi connectivity index (χ1v) is 8.64. The predicted octanol–water partition coefficient (Wildman–Crippen LogP) is 1.95. The van der Waals surface area contributed by atoms with Crippen molar-refractivity contribution < 1.29 is 9.53 Å². The first-order chi connectivity index (χ1) is 12.7. The minimum atomic E-state index is -0.227. The van der Waals surface area contributed by atoms with Crippen LogP contribution in [0.3, 0.4) is 0 Å². The van der Waals surface area contributed by atoms with E-state index in [1.807, 2.05) is 12.1 Å². The fourth-order valence-electron chi connectivity index (χ4n) is 2.91. The highest BCUT2D eigenvalue weighted by molar-refractivity contribution is 6.33. The maximum Gasteiger partial charge on any atom is 0.246 e. The number of nitrogens with one attached hydrogen (secondary N) is 1. The fraction of sp³-hybridized carbons (Fsp3) is 0.294.